The predicted molar refractivity (Wildman–Crippen MR) is 118 cm³/mol. The van der Waals surface area contributed by atoms with Gasteiger partial charge in [-0.3, -0.25) is 4.79 Å². The largest absolute Gasteiger partial charge is 0.496 e. The number of para-hydroxylation sites is 1. The normalized spacial score (nSPS) is 16.6. The maximum absolute atomic E-state index is 13.3. The van der Waals surface area contributed by atoms with Crippen molar-refractivity contribution in [3.63, 3.8) is 0 Å². The molecule has 3 heteroatoms. The Labute approximate surface area is 175 Å². The van der Waals surface area contributed by atoms with Crippen molar-refractivity contribution < 1.29 is 9.53 Å². The van der Waals surface area contributed by atoms with Crippen molar-refractivity contribution in [3.8, 4) is 16.9 Å². The van der Waals surface area contributed by atoms with Crippen LogP contribution in [0.1, 0.15) is 27.9 Å². The van der Waals surface area contributed by atoms with Crippen molar-refractivity contribution >= 4 is 29.5 Å². The number of benzene rings is 3. The molecule has 3 aromatic carbocycles. The lowest BCUT2D eigenvalue weighted by atomic mass is 9.82. The van der Waals surface area contributed by atoms with E-state index in [4.69, 9.17) is 16.3 Å². The van der Waals surface area contributed by atoms with E-state index in [1.165, 1.54) is 32.7 Å². The van der Waals surface area contributed by atoms with Gasteiger partial charge in [0.2, 0.25) is 0 Å². The second-order valence-corrected chi connectivity index (χ2v) is 8.12. The van der Waals surface area contributed by atoms with Crippen LogP contribution in [0.2, 0.25) is 5.02 Å². The molecule has 0 spiro atoms. The van der Waals surface area contributed by atoms with E-state index < -0.39 is 0 Å². The molecule has 0 heterocycles. The summed E-state index contributed by atoms with van der Waals surface area (Å²) in [5, 5.41) is 3.19. The molecule has 0 bridgehead atoms. The molecule has 0 saturated heterocycles. The van der Waals surface area contributed by atoms with Crippen LogP contribution < -0.4 is 15.2 Å². The molecule has 2 nitrogen and oxygen atoms in total. The maximum atomic E-state index is 13.3. The number of hydrogen-bond donors (Lipinski definition) is 0. The standard InChI is InChI=1S/C26H21ClO2/c1-29-25-5-3-2-4-22(25)26(28)18-7-6-16-9-13-21-20(23(16)14-18)12-10-17-8-11-19(27)15-24(17)21/h2-5,8-9,11-15,18H,6-7,10H2,1H3. The van der Waals surface area contributed by atoms with Crippen molar-refractivity contribution in [1.29, 1.82) is 0 Å². The minimum absolute atomic E-state index is 0.130. The van der Waals surface area contributed by atoms with Crippen LogP contribution in [0, 0.1) is 5.92 Å². The highest BCUT2D eigenvalue weighted by Crippen LogP contribution is 2.29. The van der Waals surface area contributed by atoms with Crippen LogP contribution in [0.3, 0.4) is 0 Å². The first-order valence-electron chi connectivity index (χ1n) is 9.95. The molecule has 1 unspecified atom stereocenters. The summed E-state index contributed by atoms with van der Waals surface area (Å²) in [5.74, 6) is 0.631. The maximum Gasteiger partial charge on any atom is 0.173 e. The van der Waals surface area contributed by atoms with Crippen LogP contribution in [-0.2, 0) is 12.8 Å². The van der Waals surface area contributed by atoms with Crippen LogP contribution in [0.25, 0.3) is 23.3 Å². The summed E-state index contributed by atoms with van der Waals surface area (Å²) < 4.78 is 5.41. The minimum atomic E-state index is -0.139. The summed E-state index contributed by atoms with van der Waals surface area (Å²) in [6.45, 7) is 0. The Balaban J connectivity index is 1.64. The highest BCUT2D eigenvalue weighted by atomic mass is 35.5. The van der Waals surface area contributed by atoms with Crippen molar-refractivity contribution in [2.45, 2.75) is 19.3 Å². The van der Waals surface area contributed by atoms with Gasteiger partial charge in [0.15, 0.2) is 5.78 Å². The quantitative estimate of drug-likeness (QED) is 0.601. The number of Topliss-reactive ketones (excluding diaryl/α,β-unsaturated/α-hetero) is 1. The van der Waals surface area contributed by atoms with Crippen LogP contribution in [0.4, 0.5) is 0 Å². The molecule has 3 aromatic rings. The Hall–Kier alpha value is -2.84. The Morgan fingerprint density at radius 2 is 1.83 bits per heavy atom. The first-order chi connectivity index (χ1) is 14.2. The highest BCUT2D eigenvalue weighted by molar-refractivity contribution is 6.30. The molecule has 5 rings (SSSR count). The summed E-state index contributed by atoms with van der Waals surface area (Å²) in [6.07, 6.45) is 7.07. The zero-order valence-electron chi connectivity index (χ0n) is 16.2. The number of aryl methyl sites for hydroxylation is 1. The molecule has 144 valence electrons. The van der Waals surface area contributed by atoms with Gasteiger partial charge in [-0.25, -0.2) is 0 Å². The third-order valence-corrected chi connectivity index (χ3v) is 6.30. The lowest BCUT2D eigenvalue weighted by Crippen LogP contribution is -2.37. The van der Waals surface area contributed by atoms with Crippen LogP contribution in [0.5, 0.6) is 5.75 Å². The molecule has 2 aliphatic carbocycles. The third-order valence-electron chi connectivity index (χ3n) is 6.07. The summed E-state index contributed by atoms with van der Waals surface area (Å²) >= 11 is 6.27. The Kier molecular flexibility index (Phi) is 4.52. The van der Waals surface area contributed by atoms with E-state index in [9.17, 15) is 4.79 Å². The van der Waals surface area contributed by atoms with Crippen LogP contribution >= 0.6 is 11.6 Å². The molecule has 0 aromatic heterocycles. The molecule has 29 heavy (non-hydrogen) atoms. The lowest BCUT2D eigenvalue weighted by molar-refractivity contribution is 0.0943. The number of carbonyl (C=O) groups is 1. The number of carbonyl (C=O) groups excluding carboxylic acids is 1. The van der Waals surface area contributed by atoms with Gasteiger partial charge in [-0.2, -0.15) is 0 Å². The van der Waals surface area contributed by atoms with E-state index in [-0.39, 0.29) is 11.7 Å². The predicted octanol–water partition coefficient (Wildman–Crippen LogP) is 4.58. The van der Waals surface area contributed by atoms with E-state index in [2.05, 4.69) is 36.4 Å². The lowest BCUT2D eigenvalue weighted by Gasteiger charge is -2.22. The average molecular weight is 401 g/mol. The molecule has 2 aliphatic rings. The molecule has 0 saturated carbocycles. The number of halogens is 1. The zero-order valence-corrected chi connectivity index (χ0v) is 17.0. The molecule has 0 radical (unpaired) electrons. The van der Waals surface area contributed by atoms with Gasteiger partial charge < -0.3 is 4.74 Å². The molecule has 0 aliphatic heterocycles. The number of ketones is 1. The van der Waals surface area contributed by atoms with Crippen molar-refractivity contribution in [2.75, 3.05) is 7.11 Å². The minimum Gasteiger partial charge on any atom is -0.496 e. The number of ether oxygens (including phenoxy) is 1. The first-order valence-corrected chi connectivity index (χ1v) is 10.3. The number of hydrogen-bond acceptors (Lipinski definition) is 2. The summed E-state index contributed by atoms with van der Waals surface area (Å²) in [5.41, 5.74) is 5.66. The average Bonchev–Trinajstić information content (AvgIpc) is 2.77. The van der Waals surface area contributed by atoms with Gasteiger partial charge in [0, 0.05) is 10.9 Å². The topological polar surface area (TPSA) is 26.3 Å². The van der Waals surface area contributed by atoms with Crippen LogP contribution in [0.15, 0.2) is 54.6 Å². The van der Waals surface area contributed by atoms with E-state index in [1.54, 1.807) is 7.11 Å². The van der Waals surface area contributed by atoms with Gasteiger partial charge in [-0.15, -0.1) is 0 Å². The second-order valence-electron chi connectivity index (χ2n) is 7.69. The molecular formula is C26H21ClO2. The molecule has 0 fully saturated rings. The summed E-state index contributed by atoms with van der Waals surface area (Å²) in [4.78, 5) is 13.3. The third kappa shape index (κ3) is 3.08. The van der Waals surface area contributed by atoms with E-state index in [1.807, 2.05) is 30.3 Å². The molecule has 1 atom stereocenters. The Bertz CT molecular complexity index is 1260. The Morgan fingerprint density at radius 3 is 2.69 bits per heavy atom. The van der Waals surface area contributed by atoms with Gasteiger partial charge in [0.25, 0.3) is 0 Å². The number of rotatable bonds is 3. The molecule has 0 N–H and O–H groups in total. The van der Waals surface area contributed by atoms with E-state index in [0.717, 1.165) is 24.3 Å². The Morgan fingerprint density at radius 1 is 1.00 bits per heavy atom. The van der Waals surface area contributed by atoms with Gasteiger partial charge in [-0.05, 0) is 76.2 Å². The second kappa shape index (κ2) is 7.20. The van der Waals surface area contributed by atoms with Crippen LogP contribution in [-0.4, -0.2) is 12.9 Å². The highest BCUT2D eigenvalue weighted by Gasteiger charge is 2.24. The summed E-state index contributed by atoms with van der Waals surface area (Å²) in [6, 6.07) is 18.0. The number of methoxy groups -OCH3 is 1. The fourth-order valence-corrected chi connectivity index (χ4v) is 4.76. The smallest absolute Gasteiger partial charge is 0.173 e. The molecule has 0 amide bonds. The first kappa shape index (κ1) is 18.2. The van der Waals surface area contributed by atoms with E-state index in [0.29, 0.717) is 11.3 Å². The van der Waals surface area contributed by atoms with Gasteiger partial charge in [0.05, 0.1) is 12.7 Å². The summed E-state index contributed by atoms with van der Waals surface area (Å²) in [7, 11) is 1.61. The molecular weight excluding hydrogens is 380 g/mol. The van der Waals surface area contributed by atoms with Crippen molar-refractivity contribution in [3.05, 3.63) is 86.7 Å². The fraction of sp³-hybridized carbons (Fsp3) is 0.192. The monoisotopic (exact) mass is 400 g/mol. The van der Waals surface area contributed by atoms with E-state index >= 15 is 0 Å². The van der Waals surface area contributed by atoms with Crippen molar-refractivity contribution in [2.24, 2.45) is 5.92 Å². The fourth-order valence-electron chi connectivity index (χ4n) is 4.59. The van der Waals surface area contributed by atoms with Gasteiger partial charge in [-0.1, -0.05) is 54.1 Å². The van der Waals surface area contributed by atoms with Gasteiger partial charge in [0.1, 0.15) is 5.75 Å². The number of fused-ring (bicyclic) bond motifs is 5. The van der Waals surface area contributed by atoms with Crippen molar-refractivity contribution in [1.82, 2.24) is 0 Å². The zero-order chi connectivity index (χ0) is 20.0. The SMILES string of the molecule is COc1ccccc1C(=O)C1C=c2c(ccc3c2=CCc2ccc(Cl)cc2-3)CC1. The van der Waals surface area contributed by atoms with Gasteiger partial charge >= 0.3 is 0 Å².